The molecule has 0 spiro atoms. The summed E-state index contributed by atoms with van der Waals surface area (Å²) in [5, 5.41) is 10.3. The van der Waals surface area contributed by atoms with Crippen molar-refractivity contribution >= 4 is 11.9 Å². The molecule has 4 atom stereocenters. The van der Waals surface area contributed by atoms with Crippen LogP contribution in [0.4, 0.5) is 4.39 Å². The van der Waals surface area contributed by atoms with Crippen molar-refractivity contribution in [2.45, 2.75) is 11.8 Å². The predicted octanol–water partition coefficient (Wildman–Crippen LogP) is 6.31. The van der Waals surface area contributed by atoms with E-state index in [1.165, 1.54) is 26.4 Å². The average Bonchev–Trinajstić information content (AvgIpc) is 2.93. The van der Waals surface area contributed by atoms with E-state index in [4.69, 9.17) is 14.2 Å². The normalized spacial score (nSPS) is 20.0. The Bertz CT molecular complexity index is 1440. The number of methoxy groups -OCH3 is 2. The van der Waals surface area contributed by atoms with E-state index in [-0.39, 0.29) is 5.82 Å². The number of carbonyl (C=O) groups is 2. The first-order valence-corrected chi connectivity index (χ1v) is 12.5. The Kier molecular flexibility index (Phi) is 7.32. The molecule has 198 valence electrons. The predicted molar refractivity (Wildman–Crippen MR) is 144 cm³/mol. The zero-order chi connectivity index (χ0) is 27.5. The fourth-order valence-corrected chi connectivity index (χ4v) is 5.57. The Labute approximate surface area is 225 Å². The van der Waals surface area contributed by atoms with Gasteiger partial charge >= 0.3 is 11.9 Å². The maximum absolute atomic E-state index is 13.9. The van der Waals surface area contributed by atoms with Gasteiger partial charge in [0.1, 0.15) is 23.1 Å². The maximum atomic E-state index is 13.9. The van der Waals surface area contributed by atoms with Crippen molar-refractivity contribution < 1.29 is 33.3 Å². The van der Waals surface area contributed by atoms with Crippen molar-refractivity contribution in [3.05, 3.63) is 114 Å². The second kappa shape index (κ2) is 11.0. The largest absolute Gasteiger partial charge is 0.496 e. The topological polar surface area (TPSA) is 82.1 Å². The molecule has 4 aromatic rings. The molecule has 1 aliphatic rings. The summed E-state index contributed by atoms with van der Waals surface area (Å²) >= 11 is 0. The third-order valence-electron chi connectivity index (χ3n) is 7.33. The van der Waals surface area contributed by atoms with Gasteiger partial charge in [-0.2, -0.15) is 0 Å². The summed E-state index contributed by atoms with van der Waals surface area (Å²) in [5.74, 6) is -3.75. The van der Waals surface area contributed by atoms with Crippen molar-refractivity contribution in [1.82, 2.24) is 0 Å². The van der Waals surface area contributed by atoms with E-state index in [1.54, 1.807) is 78.9 Å². The van der Waals surface area contributed by atoms with Crippen LogP contribution in [-0.4, -0.2) is 31.3 Å². The van der Waals surface area contributed by atoms with Gasteiger partial charge in [0.2, 0.25) is 0 Å². The molecule has 0 amide bonds. The van der Waals surface area contributed by atoms with Gasteiger partial charge in [0.25, 0.3) is 0 Å². The highest BCUT2D eigenvalue weighted by Gasteiger charge is 2.60. The third-order valence-corrected chi connectivity index (χ3v) is 7.33. The molecule has 4 aromatic carbocycles. The summed E-state index contributed by atoms with van der Waals surface area (Å²) in [6.07, 6.45) is 0. The van der Waals surface area contributed by atoms with E-state index in [0.717, 1.165) is 11.1 Å². The lowest BCUT2D eigenvalue weighted by Crippen LogP contribution is -2.52. The number of aliphatic carboxylic acids is 1. The van der Waals surface area contributed by atoms with Gasteiger partial charge in [-0.25, -0.2) is 4.39 Å². The van der Waals surface area contributed by atoms with Gasteiger partial charge in [0, 0.05) is 11.8 Å². The maximum Gasteiger partial charge on any atom is 0.315 e. The molecule has 5 rings (SSSR count). The summed E-state index contributed by atoms with van der Waals surface area (Å²) in [4.78, 5) is 26.5. The molecule has 1 N–H and O–H groups in total. The van der Waals surface area contributed by atoms with Crippen LogP contribution < -0.4 is 14.2 Å². The summed E-state index contributed by atoms with van der Waals surface area (Å²) < 4.78 is 30.4. The van der Waals surface area contributed by atoms with E-state index in [2.05, 4.69) is 0 Å². The molecule has 1 fully saturated rings. The second-order valence-electron chi connectivity index (χ2n) is 9.38. The number of rotatable bonds is 8. The molecular formula is C32H27FO6. The van der Waals surface area contributed by atoms with Crippen LogP contribution in [0.3, 0.4) is 0 Å². The SMILES string of the molecule is COc1ccccc1C1[C@H](C(=O)O)[C@@H](c2ccccc2OC)[C@H]1C(=O)Oc1cccc(-c2ccc(F)cc2)c1. The first kappa shape index (κ1) is 26.0. The molecule has 1 unspecified atom stereocenters. The minimum absolute atomic E-state index is 0.304. The number of halogens is 1. The van der Waals surface area contributed by atoms with Crippen LogP contribution in [-0.2, 0) is 9.59 Å². The van der Waals surface area contributed by atoms with E-state index in [1.807, 2.05) is 6.07 Å². The highest BCUT2D eigenvalue weighted by atomic mass is 19.1. The third kappa shape index (κ3) is 4.95. The van der Waals surface area contributed by atoms with Crippen LogP contribution in [0.15, 0.2) is 97.1 Å². The number of hydrogen-bond donors (Lipinski definition) is 1. The van der Waals surface area contributed by atoms with Crippen molar-refractivity contribution in [3.63, 3.8) is 0 Å². The molecule has 0 aliphatic heterocycles. The van der Waals surface area contributed by atoms with Crippen molar-refractivity contribution in [3.8, 4) is 28.4 Å². The molecule has 39 heavy (non-hydrogen) atoms. The quantitative estimate of drug-likeness (QED) is 0.214. The second-order valence-corrected chi connectivity index (χ2v) is 9.38. The Morgan fingerprint density at radius 1 is 0.692 bits per heavy atom. The zero-order valence-corrected chi connectivity index (χ0v) is 21.4. The van der Waals surface area contributed by atoms with Gasteiger partial charge in [-0.1, -0.05) is 60.7 Å². The highest BCUT2D eigenvalue weighted by molar-refractivity contribution is 5.86. The monoisotopic (exact) mass is 526 g/mol. The van der Waals surface area contributed by atoms with E-state index in [9.17, 15) is 19.1 Å². The molecule has 7 heteroatoms. The van der Waals surface area contributed by atoms with E-state index in [0.29, 0.717) is 28.4 Å². The average molecular weight is 527 g/mol. The molecular weight excluding hydrogens is 499 g/mol. The standard InChI is InChI=1S/C32H27FO6/c1-37-25-12-5-3-10-23(25)27-29(31(34)35)28(24-11-4-6-13-26(24)38-2)30(27)32(36)39-22-9-7-8-20(18-22)19-14-16-21(33)17-15-19/h3-18,27-30H,1-2H3,(H,34,35)/t27-,28?,29-,30-/m1/s1. The Balaban J connectivity index is 1.55. The van der Waals surface area contributed by atoms with Gasteiger partial charge in [0.15, 0.2) is 0 Å². The van der Waals surface area contributed by atoms with Crippen molar-refractivity contribution in [2.75, 3.05) is 14.2 Å². The zero-order valence-electron chi connectivity index (χ0n) is 21.4. The molecule has 0 bridgehead atoms. The minimum atomic E-state index is -1.02. The number of carboxylic acids is 1. The van der Waals surface area contributed by atoms with Crippen LogP contribution in [0, 0.1) is 17.7 Å². The first-order chi connectivity index (χ1) is 18.9. The van der Waals surface area contributed by atoms with Gasteiger partial charge in [-0.05, 0) is 58.7 Å². The molecule has 0 saturated heterocycles. The van der Waals surface area contributed by atoms with Crippen LogP contribution in [0.5, 0.6) is 17.2 Å². The number of hydrogen-bond acceptors (Lipinski definition) is 5. The number of carbonyl (C=O) groups excluding carboxylic acids is 1. The highest BCUT2D eigenvalue weighted by Crippen LogP contribution is 2.60. The molecule has 1 aliphatic carbocycles. The Hall–Kier alpha value is -4.65. The van der Waals surface area contributed by atoms with Crippen molar-refractivity contribution in [2.24, 2.45) is 11.8 Å². The molecule has 1 saturated carbocycles. The Morgan fingerprint density at radius 3 is 1.79 bits per heavy atom. The smallest absolute Gasteiger partial charge is 0.315 e. The Morgan fingerprint density at radius 2 is 1.26 bits per heavy atom. The number of esters is 1. The fraction of sp³-hybridized carbons (Fsp3) is 0.188. The first-order valence-electron chi connectivity index (χ1n) is 12.5. The summed E-state index contributed by atoms with van der Waals surface area (Å²) in [6.45, 7) is 0. The molecule has 0 radical (unpaired) electrons. The van der Waals surface area contributed by atoms with Gasteiger partial charge in [-0.3, -0.25) is 9.59 Å². The lowest BCUT2D eigenvalue weighted by molar-refractivity contribution is -0.158. The number of para-hydroxylation sites is 2. The van der Waals surface area contributed by atoms with E-state index >= 15 is 0 Å². The van der Waals surface area contributed by atoms with Crippen molar-refractivity contribution in [1.29, 1.82) is 0 Å². The lowest BCUT2D eigenvalue weighted by Gasteiger charge is -2.49. The summed E-state index contributed by atoms with van der Waals surface area (Å²) in [6, 6.07) is 27.2. The lowest BCUT2D eigenvalue weighted by atomic mass is 9.52. The van der Waals surface area contributed by atoms with Crippen LogP contribution in [0.1, 0.15) is 23.0 Å². The van der Waals surface area contributed by atoms with Gasteiger partial charge in [0.05, 0.1) is 26.1 Å². The number of carboxylic acid groups (broad SMARTS) is 1. The number of ether oxygens (including phenoxy) is 3. The summed E-state index contributed by atoms with van der Waals surface area (Å²) in [5.41, 5.74) is 2.77. The van der Waals surface area contributed by atoms with E-state index < -0.39 is 35.6 Å². The number of benzene rings is 4. The molecule has 0 aromatic heterocycles. The fourth-order valence-electron chi connectivity index (χ4n) is 5.57. The summed E-state index contributed by atoms with van der Waals surface area (Å²) in [7, 11) is 3.03. The molecule has 0 heterocycles. The van der Waals surface area contributed by atoms with Crippen LogP contribution in [0.2, 0.25) is 0 Å². The molecule has 6 nitrogen and oxygen atoms in total. The van der Waals surface area contributed by atoms with Crippen LogP contribution >= 0.6 is 0 Å². The minimum Gasteiger partial charge on any atom is -0.496 e. The van der Waals surface area contributed by atoms with Gasteiger partial charge in [-0.15, -0.1) is 0 Å². The van der Waals surface area contributed by atoms with Crippen LogP contribution in [0.25, 0.3) is 11.1 Å². The van der Waals surface area contributed by atoms with Gasteiger partial charge < -0.3 is 19.3 Å².